The van der Waals surface area contributed by atoms with E-state index in [1.54, 1.807) is 0 Å². The predicted molar refractivity (Wildman–Crippen MR) is 82.2 cm³/mol. The van der Waals surface area contributed by atoms with E-state index in [-0.39, 0.29) is 6.04 Å². The van der Waals surface area contributed by atoms with Crippen LogP contribution in [0.4, 0.5) is 0 Å². The Morgan fingerprint density at radius 1 is 1.25 bits per heavy atom. The van der Waals surface area contributed by atoms with E-state index >= 15 is 0 Å². The fraction of sp³-hybridized carbons (Fsp3) is 0.500. The number of nitrogens with one attached hydrogen (secondary N) is 1. The number of nitrogens with zero attached hydrogens (tertiary/aromatic N) is 3. The van der Waals surface area contributed by atoms with Crippen molar-refractivity contribution in [1.82, 2.24) is 20.3 Å². The highest BCUT2D eigenvalue weighted by Gasteiger charge is 2.19. The fourth-order valence-corrected chi connectivity index (χ4v) is 2.56. The number of rotatable bonds is 6. The summed E-state index contributed by atoms with van der Waals surface area (Å²) in [7, 11) is 0. The Hall–Kier alpha value is -1.68. The lowest BCUT2D eigenvalue weighted by atomic mass is 10.1. The average molecular weight is 272 g/mol. The van der Waals surface area contributed by atoms with Gasteiger partial charge in [-0.05, 0) is 44.0 Å². The Kier molecular flexibility index (Phi) is 4.90. The molecule has 1 aromatic heterocycles. The summed E-state index contributed by atoms with van der Waals surface area (Å²) in [4.78, 5) is 0. The highest BCUT2D eigenvalue weighted by molar-refractivity contribution is 5.37. The maximum absolute atomic E-state index is 4.43. The van der Waals surface area contributed by atoms with E-state index in [0.29, 0.717) is 0 Å². The Morgan fingerprint density at radius 2 is 2.05 bits per heavy atom. The molecule has 1 aromatic carbocycles. The number of hydrogen-bond donors (Lipinski definition) is 1. The molecule has 0 saturated heterocycles. The maximum Gasteiger partial charge on any atom is 0.103 e. The molecule has 0 aliphatic heterocycles. The molecule has 4 heteroatoms. The Labute approximate surface area is 121 Å². The molecule has 2 rings (SSSR count). The summed E-state index contributed by atoms with van der Waals surface area (Å²) in [5.41, 5.74) is 4.61. The maximum atomic E-state index is 4.43. The van der Waals surface area contributed by atoms with E-state index in [1.165, 1.54) is 11.3 Å². The van der Waals surface area contributed by atoms with E-state index in [0.717, 1.165) is 30.8 Å². The minimum atomic E-state index is 0.286. The van der Waals surface area contributed by atoms with Gasteiger partial charge in [-0.2, -0.15) is 0 Å². The second-order valence-corrected chi connectivity index (χ2v) is 5.04. The van der Waals surface area contributed by atoms with Gasteiger partial charge in [0.25, 0.3) is 0 Å². The molecule has 4 nitrogen and oxygen atoms in total. The van der Waals surface area contributed by atoms with Crippen LogP contribution < -0.4 is 5.32 Å². The molecule has 0 amide bonds. The standard InChI is InChI=1S/C16H24N4/c1-5-14(17-7-3)16-15(6-2)20(19-18-16)13-10-8-9-12(4)11-13/h8-11,14,17H,5-7H2,1-4H3. The molecular weight excluding hydrogens is 248 g/mol. The lowest BCUT2D eigenvalue weighted by Gasteiger charge is -2.15. The summed E-state index contributed by atoms with van der Waals surface area (Å²) in [6.45, 7) is 9.50. The van der Waals surface area contributed by atoms with Gasteiger partial charge in [0.05, 0.1) is 17.4 Å². The molecule has 1 unspecified atom stereocenters. The van der Waals surface area contributed by atoms with Gasteiger partial charge in [0.1, 0.15) is 5.69 Å². The van der Waals surface area contributed by atoms with E-state index in [2.05, 4.69) is 67.6 Å². The molecule has 0 bridgehead atoms. The average Bonchev–Trinajstić information content (AvgIpc) is 2.88. The van der Waals surface area contributed by atoms with Crippen LogP contribution >= 0.6 is 0 Å². The van der Waals surface area contributed by atoms with Crippen LogP contribution in [0.1, 0.15) is 50.2 Å². The van der Waals surface area contributed by atoms with Crippen molar-refractivity contribution in [3.05, 3.63) is 41.2 Å². The number of hydrogen-bond acceptors (Lipinski definition) is 3. The van der Waals surface area contributed by atoms with Crippen LogP contribution in [0.3, 0.4) is 0 Å². The van der Waals surface area contributed by atoms with Crippen LogP contribution in [0.25, 0.3) is 5.69 Å². The third kappa shape index (κ3) is 2.90. The van der Waals surface area contributed by atoms with Crippen molar-refractivity contribution < 1.29 is 0 Å². The van der Waals surface area contributed by atoms with Gasteiger partial charge < -0.3 is 5.32 Å². The molecule has 20 heavy (non-hydrogen) atoms. The van der Waals surface area contributed by atoms with Crippen LogP contribution in [0.5, 0.6) is 0 Å². The van der Waals surface area contributed by atoms with Gasteiger partial charge in [-0.15, -0.1) is 5.10 Å². The Balaban J connectivity index is 2.43. The lowest BCUT2D eigenvalue weighted by Crippen LogP contribution is -2.21. The van der Waals surface area contributed by atoms with Crippen molar-refractivity contribution in [1.29, 1.82) is 0 Å². The zero-order valence-corrected chi connectivity index (χ0v) is 12.8. The first-order valence-corrected chi connectivity index (χ1v) is 7.46. The monoisotopic (exact) mass is 272 g/mol. The van der Waals surface area contributed by atoms with E-state index in [1.807, 2.05) is 4.68 Å². The van der Waals surface area contributed by atoms with Crippen molar-refractivity contribution in [3.63, 3.8) is 0 Å². The molecule has 0 radical (unpaired) electrons. The van der Waals surface area contributed by atoms with Crippen molar-refractivity contribution in [2.24, 2.45) is 0 Å². The molecule has 0 aliphatic rings. The minimum absolute atomic E-state index is 0.286. The molecule has 1 heterocycles. The summed E-state index contributed by atoms with van der Waals surface area (Å²) in [5.74, 6) is 0. The normalized spacial score (nSPS) is 12.6. The van der Waals surface area contributed by atoms with Crippen molar-refractivity contribution in [2.75, 3.05) is 6.54 Å². The zero-order valence-electron chi connectivity index (χ0n) is 12.8. The smallest absolute Gasteiger partial charge is 0.103 e. The highest BCUT2D eigenvalue weighted by atomic mass is 15.4. The van der Waals surface area contributed by atoms with Crippen LogP contribution in [-0.2, 0) is 6.42 Å². The molecule has 108 valence electrons. The Morgan fingerprint density at radius 3 is 2.65 bits per heavy atom. The van der Waals surface area contributed by atoms with Gasteiger partial charge in [0.2, 0.25) is 0 Å². The molecule has 0 aliphatic carbocycles. The second-order valence-electron chi connectivity index (χ2n) is 5.04. The first kappa shape index (κ1) is 14.7. The first-order valence-electron chi connectivity index (χ1n) is 7.46. The topological polar surface area (TPSA) is 42.7 Å². The fourth-order valence-electron chi connectivity index (χ4n) is 2.56. The summed E-state index contributed by atoms with van der Waals surface area (Å²) in [5, 5.41) is 12.3. The molecule has 1 N–H and O–H groups in total. The summed E-state index contributed by atoms with van der Waals surface area (Å²) in [6, 6.07) is 8.67. The molecule has 1 atom stereocenters. The Bertz CT molecular complexity index is 559. The van der Waals surface area contributed by atoms with Gasteiger partial charge in [-0.25, -0.2) is 4.68 Å². The van der Waals surface area contributed by atoms with Gasteiger partial charge in [-0.1, -0.05) is 38.1 Å². The van der Waals surface area contributed by atoms with E-state index in [9.17, 15) is 0 Å². The highest BCUT2D eigenvalue weighted by Crippen LogP contribution is 2.22. The van der Waals surface area contributed by atoms with Crippen LogP contribution in [0, 0.1) is 6.92 Å². The number of aryl methyl sites for hydroxylation is 1. The van der Waals surface area contributed by atoms with Gasteiger partial charge in [-0.3, -0.25) is 0 Å². The molecule has 0 fully saturated rings. The van der Waals surface area contributed by atoms with E-state index in [4.69, 9.17) is 0 Å². The van der Waals surface area contributed by atoms with Crippen LogP contribution in [-0.4, -0.2) is 21.5 Å². The third-order valence-corrected chi connectivity index (χ3v) is 3.56. The molecule has 0 spiro atoms. The van der Waals surface area contributed by atoms with Crippen LogP contribution in [0.15, 0.2) is 24.3 Å². The van der Waals surface area contributed by atoms with Crippen molar-refractivity contribution in [2.45, 2.75) is 46.6 Å². The van der Waals surface area contributed by atoms with Gasteiger partial charge in [0.15, 0.2) is 0 Å². The summed E-state index contributed by atoms with van der Waals surface area (Å²) < 4.78 is 1.97. The predicted octanol–water partition coefficient (Wildman–Crippen LogP) is 3.20. The van der Waals surface area contributed by atoms with Gasteiger partial charge >= 0.3 is 0 Å². The number of aromatic nitrogens is 3. The second kappa shape index (κ2) is 6.66. The van der Waals surface area contributed by atoms with Crippen molar-refractivity contribution in [3.8, 4) is 5.69 Å². The quantitative estimate of drug-likeness (QED) is 0.878. The number of benzene rings is 1. The summed E-state index contributed by atoms with van der Waals surface area (Å²) in [6.07, 6.45) is 1.95. The van der Waals surface area contributed by atoms with Crippen LogP contribution in [0.2, 0.25) is 0 Å². The first-order chi connectivity index (χ1) is 9.71. The molecular formula is C16H24N4. The molecule has 2 aromatic rings. The minimum Gasteiger partial charge on any atom is -0.309 e. The van der Waals surface area contributed by atoms with Gasteiger partial charge in [0, 0.05) is 0 Å². The SMILES string of the molecule is CCNC(CC)c1nnn(-c2cccc(C)c2)c1CC. The molecule has 0 saturated carbocycles. The van der Waals surface area contributed by atoms with E-state index < -0.39 is 0 Å². The lowest BCUT2D eigenvalue weighted by molar-refractivity contribution is 0.520. The third-order valence-electron chi connectivity index (χ3n) is 3.56. The zero-order chi connectivity index (χ0) is 14.5. The van der Waals surface area contributed by atoms with Crippen molar-refractivity contribution >= 4 is 0 Å². The largest absolute Gasteiger partial charge is 0.309 e. The summed E-state index contributed by atoms with van der Waals surface area (Å²) >= 11 is 0.